The van der Waals surface area contributed by atoms with Gasteiger partial charge in [-0.1, -0.05) is 12.1 Å². The number of nitrogens with one attached hydrogen (secondary N) is 1. The van der Waals surface area contributed by atoms with Crippen molar-refractivity contribution in [2.75, 3.05) is 27.7 Å². The van der Waals surface area contributed by atoms with Gasteiger partial charge in [-0.25, -0.2) is 0 Å². The summed E-state index contributed by atoms with van der Waals surface area (Å²) in [6.45, 7) is 0.605. The number of carboxylic acids is 1. The number of nitrogens with zero attached hydrogens (tertiary/aromatic N) is 1. The summed E-state index contributed by atoms with van der Waals surface area (Å²) in [5.41, 5.74) is 1.12. The van der Waals surface area contributed by atoms with Crippen LogP contribution in [0.15, 0.2) is 24.3 Å². The van der Waals surface area contributed by atoms with Crippen LogP contribution in [0.1, 0.15) is 24.4 Å². The molecule has 0 bridgehead atoms. The zero-order valence-corrected chi connectivity index (χ0v) is 12.9. The van der Waals surface area contributed by atoms with Crippen molar-refractivity contribution in [3.05, 3.63) is 29.8 Å². The molecule has 0 spiro atoms. The van der Waals surface area contributed by atoms with Crippen LogP contribution in [0.25, 0.3) is 0 Å². The molecule has 116 valence electrons. The summed E-state index contributed by atoms with van der Waals surface area (Å²) in [6.07, 6.45) is 2.02. The normalized spacial score (nSPS) is 17.5. The number of methoxy groups -OCH3 is 1. The average Bonchev–Trinajstić information content (AvgIpc) is 3.27. The van der Waals surface area contributed by atoms with E-state index in [1.165, 1.54) is 0 Å². The minimum atomic E-state index is -0.749. The zero-order chi connectivity index (χ0) is 15.4. The minimum absolute atomic E-state index is 0.112. The van der Waals surface area contributed by atoms with Gasteiger partial charge in [0.15, 0.2) is 0 Å². The minimum Gasteiger partial charge on any atom is -0.497 e. The third-order valence-corrected chi connectivity index (χ3v) is 3.99. The molecule has 1 aliphatic carbocycles. The number of hydrogen-bond acceptors (Lipinski definition) is 4. The standard InChI is InChI=1S/C16H24N2O3/c1-18(2)14(12-5-4-6-13(9-12)21-3)10-17-15(16(19)20)11-7-8-11/h4-6,9,11,14-15,17H,7-8,10H2,1-3H3,(H,19,20). The summed E-state index contributed by atoms with van der Waals surface area (Å²) in [5.74, 6) is 0.354. The van der Waals surface area contributed by atoms with Gasteiger partial charge in [0.05, 0.1) is 7.11 Å². The van der Waals surface area contributed by atoms with Gasteiger partial charge >= 0.3 is 5.97 Å². The zero-order valence-electron chi connectivity index (χ0n) is 12.9. The van der Waals surface area contributed by atoms with E-state index in [-0.39, 0.29) is 12.0 Å². The number of likely N-dealkylation sites (N-methyl/N-ethyl adjacent to an activating group) is 1. The summed E-state index contributed by atoms with van der Waals surface area (Å²) < 4.78 is 5.26. The van der Waals surface area contributed by atoms with Crippen molar-refractivity contribution in [3.8, 4) is 5.75 Å². The Morgan fingerprint density at radius 2 is 2.19 bits per heavy atom. The second kappa shape index (κ2) is 6.91. The Bertz CT molecular complexity index is 486. The molecule has 2 unspecified atom stereocenters. The topological polar surface area (TPSA) is 61.8 Å². The molecule has 5 nitrogen and oxygen atoms in total. The molecule has 1 aromatic carbocycles. The van der Waals surface area contributed by atoms with Crippen molar-refractivity contribution in [1.82, 2.24) is 10.2 Å². The molecule has 2 atom stereocenters. The smallest absolute Gasteiger partial charge is 0.320 e. The second-order valence-corrected chi connectivity index (χ2v) is 5.82. The highest BCUT2D eigenvalue weighted by Crippen LogP contribution is 2.33. The van der Waals surface area contributed by atoms with E-state index in [4.69, 9.17) is 4.74 Å². The van der Waals surface area contributed by atoms with Gasteiger partial charge in [-0.05, 0) is 50.6 Å². The third-order valence-electron chi connectivity index (χ3n) is 3.99. The molecule has 21 heavy (non-hydrogen) atoms. The van der Waals surface area contributed by atoms with Crippen LogP contribution in [-0.4, -0.2) is 49.8 Å². The monoisotopic (exact) mass is 292 g/mol. The van der Waals surface area contributed by atoms with Crippen LogP contribution in [0.3, 0.4) is 0 Å². The van der Waals surface area contributed by atoms with Crippen molar-refractivity contribution in [3.63, 3.8) is 0 Å². The summed E-state index contributed by atoms with van der Waals surface area (Å²) in [6, 6.07) is 7.59. The molecular weight excluding hydrogens is 268 g/mol. The molecule has 1 fully saturated rings. The van der Waals surface area contributed by atoms with E-state index in [0.29, 0.717) is 6.54 Å². The lowest BCUT2D eigenvalue weighted by molar-refractivity contribution is -0.140. The van der Waals surface area contributed by atoms with Crippen LogP contribution < -0.4 is 10.1 Å². The Balaban J connectivity index is 2.06. The highest BCUT2D eigenvalue weighted by atomic mass is 16.5. The number of ether oxygens (including phenoxy) is 1. The van der Waals surface area contributed by atoms with Crippen LogP contribution in [0.5, 0.6) is 5.75 Å². The van der Waals surface area contributed by atoms with E-state index in [1.807, 2.05) is 38.4 Å². The fraction of sp³-hybridized carbons (Fsp3) is 0.562. The molecule has 0 aliphatic heterocycles. The summed E-state index contributed by atoms with van der Waals surface area (Å²) in [4.78, 5) is 13.4. The molecule has 1 aliphatic rings. The van der Waals surface area contributed by atoms with E-state index < -0.39 is 12.0 Å². The molecule has 1 aromatic rings. The van der Waals surface area contributed by atoms with Crippen LogP contribution in [0.2, 0.25) is 0 Å². The fourth-order valence-corrected chi connectivity index (χ4v) is 2.57. The van der Waals surface area contributed by atoms with Gasteiger partial charge in [-0.15, -0.1) is 0 Å². The van der Waals surface area contributed by atoms with Crippen LogP contribution >= 0.6 is 0 Å². The molecule has 0 aromatic heterocycles. The van der Waals surface area contributed by atoms with E-state index in [2.05, 4.69) is 10.2 Å². The van der Waals surface area contributed by atoms with Gasteiger partial charge in [-0.3, -0.25) is 4.79 Å². The van der Waals surface area contributed by atoms with Crippen molar-refractivity contribution in [2.45, 2.75) is 24.9 Å². The van der Waals surface area contributed by atoms with Crippen LogP contribution in [0.4, 0.5) is 0 Å². The van der Waals surface area contributed by atoms with Gasteiger partial charge in [0.25, 0.3) is 0 Å². The lowest BCUT2D eigenvalue weighted by atomic mass is 10.0. The van der Waals surface area contributed by atoms with Gasteiger partial charge < -0.3 is 20.1 Å². The van der Waals surface area contributed by atoms with Crippen molar-refractivity contribution < 1.29 is 14.6 Å². The maximum absolute atomic E-state index is 11.3. The average molecular weight is 292 g/mol. The lowest BCUT2D eigenvalue weighted by Crippen LogP contribution is -2.42. The van der Waals surface area contributed by atoms with Gasteiger partial charge in [0.2, 0.25) is 0 Å². The number of carbonyl (C=O) groups is 1. The second-order valence-electron chi connectivity index (χ2n) is 5.82. The maximum atomic E-state index is 11.3. The fourth-order valence-electron chi connectivity index (χ4n) is 2.57. The van der Waals surface area contributed by atoms with Gasteiger partial charge in [-0.2, -0.15) is 0 Å². The first-order valence-electron chi connectivity index (χ1n) is 7.29. The first-order valence-corrected chi connectivity index (χ1v) is 7.29. The Kier molecular flexibility index (Phi) is 5.20. The van der Waals surface area contributed by atoms with Gasteiger partial charge in [0, 0.05) is 12.6 Å². The number of hydrogen-bond donors (Lipinski definition) is 2. The van der Waals surface area contributed by atoms with E-state index in [9.17, 15) is 9.90 Å². The van der Waals surface area contributed by atoms with Gasteiger partial charge in [0.1, 0.15) is 11.8 Å². The molecule has 0 radical (unpaired) electrons. The molecule has 1 saturated carbocycles. The molecule has 2 rings (SSSR count). The molecule has 0 heterocycles. The quantitative estimate of drug-likeness (QED) is 0.764. The van der Waals surface area contributed by atoms with E-state index in [1.54, 1.807) is 7.11 Å². The van der Waals surface area contributed by atoms with Crippen molar-refractivity contribution >= 4 is 5.97 Å². The molecular formula is C16H24N2O3. The van der Waals surface area contributed by atoms with Crippen molar-refractivity contribution in [1.29, 1.82) is 0 Å². The van der Waals surface area contributed by atoms with E-state index >= 15 is 0 Å². The maximum Gasteiger partial charge on any atom is 0.320 e. The first-order chi connectivity index (χ1) is 10.0. The summed E-state index contributed by atoms with van der Waals surface area (Å²) in [5, 5.41) is 12.5. The third kappa shape index (κ3) is 4.19. The van der Waals surface area contributed by atoms with Crippen LogP contribution in [-0.2, 0) is 4.79 Å². The molecule has 0 amide bonds. The van der Waals surface area contributed by atoms with Crippen molar-refractivity contribution in [2.24, 2.45) is 5.92 Å². The highest BCUT2D eigenvalue weighted by molar-refractivity contribution is 5.74. The SMILES string of the molecule is COc1cccc(C(CNC(C(=O)O)C2CC2)N(C)C)c1. The summed E-state index contributed by atoms with van der Waals surface area (Å²) in [7, 11) is 5.65. The highest BCUT2D eigenvalue weighted by Gasteiger charge is 2.36. The van der Waals surface area contributed by atoms with E-state index in [0.717, 1.165) is 24.2 Å². The molecule has 5 heteroatoms. The number of benzene rings is 1. The first kappa shape index (κ1) is 15.8. The Labute approximate surface area is 125 Å². The number of carboxylic acid groups (broad SMARTS) is 1. The largest absolute Gasteiger partial charge is 0.497 e. The predicted molar refractivity (Wildman–Crippen MR) is 81.6 cm³/mol. The lowest BCUT2D eigenvalue weighted by Gasteiger charge is -2.27. The Morgan fingerprint density at radius 3 is 2.71 bits per heavy atom. The predicted octanol–water partition coefficient (Wildman–Crippen LogP) is 1.75. The Hall–Kier alpha value is -1.59. The molecule has 0 saturated heterocycles. The van der Waals surface area contributed by atoms with Crippen LogP contribution in [0, 0.1) is 5.92 Å². The Morgan fingerprint density at radius 1 is 1.48 bits per heavy atom. The number of aliphatic carboxylic acids is 1. The summed E-state index contributed by atoms with van der Waals surface area (Å²) >= 11 is 0. The number of rotatable bonds is 8. The molecule has 2 N–H and O–H groups in total.